The summed E-state index contributed by atoms with van der Waals surface area (Å²) >= 11 is 0. The van der Waals surface area contributed by atoms with Crippen LogP contribution in [0.25, 0.3) is 5.57 Å². The van der Waals surface area contributed by atoms with Crippen molar-refractivity contribution in [2.24, 2.45) is 4.99 Å². The zero-order chi connectivity index (χ0) is 13.5. The van der Waals surface area contributed by atoms with Crippen molar-refractivity contribution in [2.75, 3.05) is 6.54 Å². The average Bonchev–Trinajstić information content (AvgIpc) is 2.85. The van der Waals surface area contributed by atoms with E-state index in [9.17, 15) is 0 Å². The van der Waals surface area contributed by atoms with Crippen molar-refractivity contribution in [2.45, 2.75) is 39.5 Å². The van der Waals surface area contributed by atoms with E-state index in [0.717, 1.165) is 19.4 Å². The Morgan fingerprint density at radius 3 is 2.84 bits per heavy atom. The molecule has 1 aromatic rings. The first kappa shape index (κ1) is 13.8. The first-order chi connectivity index (χ1) is 9.31. The van der Waals surface area contributed by atoms with E-state index in [2.05, 4.69) is 61.5 Å². The molecular formula is C18H23N. The quantitative estimate of drug-likeness (QED) is 0.508. The molecule has 1 heteroatoms. The van der Waals surface area contributed by atoms with Gasteiger partial charge in [-0.25, -0.2) is 0 Å². The van der Waals surface area contributed by atoms with Crippen LogP contribution in [-0.4, -0.2) is 12.8 Å². The first-order valence-electron chi connectivity index (χ1n) is 7.25. The summed E-state index contributed by atoms with van der Waals surface area (Å²) < 4.78 is 0. The summed E-state index contributed by atoms with van der Waals surface area (Å²) in [7, 11) is 0. The number of nitrogens with zero attached hydrogens (tertiary/aromatic N) is 1. The van der Waals surface area contributed by atoms with Gasteiger partial charge >= 0.3 is 0 Å². The van der Waals surface area contributed by atoms with Crippen LogP contribution in [0.2, 0.25) is 0 Å². The molecule has 0 spiro atoms. The van der Waals surface area contributed by atoms with Gasteiger partial charge in [-0.2, -0.15) is 0 Å². The minimum Gasteiger partial charge on any atom is -0.297 e. The second-order valence-electron chi connectivity index (χ2n) is 5.13. The van der Waals surface area contributed by atoms with E-state index in [-0.39, 0.29) is 0 Å². The highest BCUT2D eigenvalue weighted by Gasteiger charge is 2.09. The van der Waals surface area contributed by atoms with Gasteiger partial charge in [0.2, 0.25) is 0 Å². The summed E-state index contributed by atoms with van der Waals surface area (Å²) in [4.78, 5) is 4.48. The van der Waals surface area contributed by atoms with E-state index in [1.165, 1.54) is 35.1 Å². The lowest BCUT2D eigenvalue weighted by atomic mass is 9.97. The highest BCUT2D eigenvalue weighted by atomic mass is 14.7. The summed E-state index contributed by atoms with van der Waals surface area (Å²) in [5, 5.41) is 0. The fraction of sp³-hybridized carbons (Fsp3) is 0.389. The van der Waals surface area contributed by atoms with E-state index >= 15 is 0 Å². The monoisotopic (exact) mass is 253 g/mol. The van der Waals surface area contributed by atoms with Crippen LogP contribution < -0.4 is 0 Å². The maximum Gasteiger partial charge on any atom is 0.0385 e. The molecule has 1 aliphatic carbocycles. The van der Waals surface area contributed by atoms with Gasteiger partial charge in [-0.3, -0.25) is 4.99 Å². The molecule has 1 aliphatic rings. The summed E-state index contributed by atoms with van der Waals surface area (Å²) in [5.74, 6) is 0. The predicted molar refractivity (Wildman–Crippen MR) is 84.8 cm³/mol. The normalized spacial score (nSPS) is 14.8. The SMILES string of the molecule is CCCCN=CCc1ccccc1C1=CC(C)=CC1. The lowest BCUT2D eigenvalue weighted by molar-refractivity contribution is 0.809. The highest BCUT2D eigenvalue weighted by molar-refractivity contribution is 5.76. The summed E-state index contributed by atoms with van der Waals surface area (Å²) in [6, 6.07) is 8.69. The molecule has 0 saturated heterocycles. The Kier molecular flexibility index (Phi) is 5.14. The highest BCUT2D eigenvalue weighted by Crippen LogP contribution is 2.29. The van der Waals surface area contributed by atoms with Gasteiger partial charge in [0.15, 0.2) is 0 Å². The van der Waals surface area contributed by atoms with E-state index in [4.69, 9.17) is 0 Å². The van der Waals surface area contributed by atoms with Gasteiger partial charge in [-0.1, -0.05) is 55.3 Å². The molecule has 0 fully saturated rings. The number of allylic oxidation sites excluding steroid dienone is 4. The Morgan fingerprint density at radius 2 is 2.11 bits per heavy atom. The Hall–Kier alpha value is -1.63. The molecule has 0 N–H and O–H groups in total. The van der Waals surface area contributed by atoms with Crippen LogP contribution in [0.4, 0.5) is 0 Å². The van der Waals surface area contributed by atoms with Gasteiger partial charge in [0.1, 0.15) is 0 Å². The number of hydrogen-bond acceptors (Lipinski definition) is 1. The number of unbranched alkanes of at least 4 members (excludes halogenated alkanes) is 1. The van der Waals surface area contributed by atoms with Gasteiger partial charge in [0.25, 0.3) is 0 Å². The van der Waals surface area contributed by atoms with Crippen molar-refractivity contribution in [1.29, 1.82) is 0 Å². The van der Waals surface area contributed by atoms with Crippen molar-refractivity contribution in [3.63, 3.8) is 0 Å². The molecule has 0 bridgehead atoms. The molecular weight excluding hydrogens is 230 g/mol. The zero-order valence-corrected chi connectivity index (χ0v) is 12.0. The molecule has 0 aliphatic heterocycles. The minimum absolute atomic E-state index is 0.941. The topological polar surface area (TPSA) is 12.4 Å². The van der Waals surface area contributed by atoms with Crippen molar-refractivity contribution in [3.05, 3.63) is 53.1 Å². The zero-order valence-electron chi connectivity index (χ0n) is 12.0. The van der Waals surface area contributed by atoms with Crippen molar-refractivity contribution >= 4 is 11.8 Å². The summed E-state index contributed by atoms with van der Waals surface area (Å²) in [6.45, 7) is 5.33. The summed E-state index contributed by atoms with van der Waals surface area (Å²) in [5.41, 5.74) is 5.59. The molecule has 0 heterocycles. The van der Waals surface area contributed by atoms with Crippen LogP contribution in [0.5, 0.6) is 0 Å². The smallest absolute Gasteiger partial charge is 0.0385 e. The third kappa shape index (κ3) is 3.92. The average molecular weight is 253 g/mol. The lowest BCUT2D eigenvalue weighted by Crippen LogP contribution is -1.94. The predicted octanol–water partition coefficient (Wildman–Crippen LogP) is 4.83. The molecule has 0 atom stereocenters. The van der Waals surface area contributed by atoms with Crippen LogP contribution in [-0.2, 0) is 6.42 Å². The van der Waals surface area contributed by atoms with Crippen LogP contribution in [0.15, 0.2) is 47.0 Å². The molecule has 100 valence electrons. The third-order valence-electron chi connectivity index (χ3n) is 3.49. The molecule has 0 aromatic heterocycles. The fourth-order valence-electron chi connectivity index (χ4n) is 2.37. The van der Waals surface area contributed by atoms with E-state index in [1.54, 1.807) is 0 Å². The maximum absolute atomic E-state index is 4.48. The Bertz CT molecular complexity index is 506. The number of aliphatic imine (C=N–C) groups is 1. The molecule has 19 heavy (non-hydrogen) atoms. The largest absolute Gasteiger partial charge is 0.297 e. The fourth-order valence-corrected chi connectivity index (χ4v) is 2.37. The van der Waals surface area contributed by atoms with E-state index in [0.29, 0.717) is 0 Å². The second-order valence-corrected chi connectivity index (χ2v) is 5.13. The number of benzene rings is 1. The van der Waals surface area contributed by atoms with E-state index in [1.807, 2.05) is 0 Å². The molecule has 0 radical (unpaired) electrons. The van der Waals surface area contributed by atoms with Crippen LogP contribution in [0, 0.1) is 0 Å². The number of rotatable bonds is 6. The Morgan fingerprint density at radius 1 is 1.26 bits per heavy atom. The van der Waals surface area contributed by atoms with Gasteiger partial charge in [0, 0.05) is 19.2 Å². The Balaban J connectivity index is 2.05. The van der Waals surface area contributed by atoms with E-state index < -0.39 is 0 Å². The minimum atomic E-state index is 0.941. The van der Waals surface area contributed by atoms with Crippen LogP contribution in [0.3, 0.4) is 0 Å². The Labute approximate surface area is 116 Å². The lowest BCUT2D eigenvalue weighted by Gasteiger charge is -2.08. The first-order valence-corrected chi connectivity index (χ1v) is 7.25. The third-order valence-corrected chi connectivity index (χ3v) is 3.49. The number of hydrogen-bond donors (Lipinski definition) is 0. The molecule has 0 unspecified atom stereocenters. The molecule has 0 amide bonds. The van der Waals surface area contributed by atoms with Crippen molar-refractivity contribution in [1.82, 2.24) is 0 Å². The van der Waals surface area contributed by atoms with Crippen molar-refractivity contribution in [3.8, 4) is 0 Å². The van der Waals surface area contributed by atoms with Crippen molar-refractivity contribution < 1.29 is 0 Å². The van der Waals surface area contributed by atoms with Gasteiger partial charge < -0.3 is 0 Å². The van der Waals surface area contributed by atoms with Crippen LogP contribution in [0.1, 0.15) is 44.2 Å². The molecule has 2 rings (SSSR count). The molecule has 1 nitrogen and oxygen atoms in total. The molecule has 1 aromatic carbocycles. The maximum atomic E-state index is 4.48. The van der Waals surface area contributed by atoms with Gasteiger partial charge in [-0.05, 0) is 36.5 Å². The second kappa shape index (κ2) is 7.08. The standard InChI is InChI=1S/C18H23N/c1-3-4-12-19-13-11-16-7-5-6-8-18(16)17-10-9-15(2)14-17/h5-9,13-14H,3-4,10-12H2,1-2H3. The van der Waals surface area contributed by atoms with Gasteiger partial charge in [0.05, 0.1) is 0 Å². The van der Waals surface area contributed by atoms with Gasteiger partial charge in [-0.15, -0.1) is 0 Å². The molecule has 0 saturated carbocycles. The van der Waals surface area contributed by atoms with Crippen LogP contribution >= 0.6 is 0 Å². The summed E-state index contributed by atoms with van der Waals surface area (Å²) in [6.07, 6.45) is 11.1.